The summed E-state index contributed by atoms with van der Waals surface area (Å²) in [5, 5.41) is 6.58. The first-order chi connectivity index (χ1) is 38.1. The fraction of sp³-hybridized carbons (Fsp3) is 0.183. The topological polar surface area (TPSA) is 35.6 Å². The minimum absolute atomic E-state index is 0. The van der Waals surface area contributed by atoms with Crippen LogP contribution < -0.4 is 0 Å². The van der Waals surface area contributed by atoms with Gasteiger partial charge in [-0.1, -0.05) is 175 Å². The smallest absolute Gasteiger partial charge is 0.0774 e. The quantitative estimate of drug-likeness (QED) is 0.107. The first-order valence-electron chi connectivity index (χ1n) is 28.2. The number of imidazole rings is 2. The molecule has 0 aliphatic rings. The fourth-order valence-corrected chi connectivity index (χ4v) is 12.5. The van der Waals surface area contributed by atoms with Gasteiger partial charge >= 0.3 is 0 Å². The summed E-state index contributed by atoms with van der Waals surface area (Å²) >= 11 is 1.78. The third kappa shape index (κ3) is 9.31. The molecule has 77 heavy (non-hydrogen) atoms. The summed E-state index contributed by atoms with van der Waals surface area (Å²) in [5.74, 6) is 3.23. The number of hydrogen-bond acceptors (Lipinski definition) is 3. The maximum Gasteiger partial charge on any atom is 0.0774 e. The molecule has 383 valence electrons. The van der Waals surface area contributed by atoms with Crippen molar-refractivity contribution in [2.75, 3.05) is 0 Å². The maximum atomic E-state index is 7.92. The van der Waals surface area contributed by atoms with Gasteiger partial charge in [0.15, 0.2) is 0 Å². The molecule has 0 amide bonds. The molecule has 0 aliphatic carbocycles. The van der Waals surface area contributed by atoms with Crippen LogP contribution in [0.3, 0.4) is 0 Å². The zero-order chi connectivity index (χ0) is 54.9. The Bertz CT molecular complexity index is 4380. The molecule has 0 fully saturated rings. The molecule has 0 atom stereocenters. The summed E-state index contributed by atoms with van der Waals surface area (Å²) in [4.78, 5) is 10.4. The van der Waals surface area contributed by atoms with Crippen LogP contribution in [0.5, 0.6) is 0 Å². The van der Waals surface area contributed by atoms with Gasteiger partial charge < -0.3 is 9.13 Å². The van der Waals surface area contributed by atoms with Crippen molar-refractivity contribution in [2.45, 2.75) is 85.9 Å². The molecule has 4 nitrogen and oxygen atoms in total. The number of aryl methyl sites for hydroxylation is 1. The molecule has 13 aromatic rings. The fourth-order valence-electron chi connectivity index (χ4n) is 11.2. The summed E-state index contributed by atoms with van der Waals surface area (Å²) in [5.41, 5.74) is 16.7. The van der Waals surface area contributed by atoms with Gasteiger partial charge in [0.1, 0.15) is 0 Å². The van der Waals surface area contributed by atoms with E-state index in [-0.39, 0.29) is 31.9 Å². The Balaban J connectivity index is 0.000000203. The van der Waals surface area contributed by atoms with Crippen LogP contribution in [0.1, 0.15) is 111 Å². The first kappa shape index (κ1) is 47.9. The van der Waals surface area contributed by atoms with Gasteiger partial charge in [-0.15, -0.1) is 54.1 Å². The van der Waals surface area contributed by atoms with Crippen LogP contribution in [-0.2, 0) is 20.1 Å². The van der Waals surface area contributed by atoms with E-state index in [0.717, 1.165) is 76.5 Å². The standard InChI is InChI=1S/C46H37N2S.C25H25N2.Ir/c1-27(2)37-23-33(30-12-7-6-8-13-30)24-38(28(3)4)44(37)48-42-17-10-9-16-41(42)47-46(48)36-15-11-14-35-40-26-39-32(25-43(40)49-45(35)36)20-19-31-22-29(5)18-21-34(31)39;1-17(2)20-13-10-14-21(18(3)4)24(20)27-23-16-9-8-15-22(23)26-25(27)19-11-6-5-7-12-19;/h6-14,16-28H,1-5H3;5-11,13-18H,1-4H3;/q2*-1;/i5D3;;. The molecule has 0 bridgehead atoms. The second-order valence-corrected chi connectivity index (χ2v) is 22.4. The van der Waals surface area contributed by atoms with Crippen LogP contribution in [0.4, 0.5) is 0 Å². The number of nitrogens with zero attached hydrogens (tertiary/aromatic N) is 4. The van der Waals surface area contributed by atoms with E-state index in [1.807, 2.05) is 36.4 Å². The van der Waals surface area contributed by atoms with E-state index < -0.39 is 6.85 Å². The van der Waals surface area contributed by atoms with Gasteiger partial charge in [0.05, 0.1) is 33.7 Å². The third-order valence-electron chi connectivity index (χ3n) is 15.0. The molecule has 0 saturated carbocycles. The predicted octanol–water partition coefficient (Wildman–Crippen LogP) is 20.1. The van der Waals surface area contributed by atoms with Crippen molar-refractivity contribution in [1.82, 2.24) is 19.1 Å². The van der Waals surface area contributed by atoms with Crippen molar-refractivity contribution in [3.05, 3.63) is 228 Å². The van der Waals surface area contributed by atoms with Gasteiger partial charge in [-0.25, -0.2) is 0 Å². The number of para-hydroxylation sites is 5. The summed E-state index contributed by atoms with van der Waals surface area (Å²) < 4.78 is 30.8. The van der Waals surface area contributed by atoms with E-state index in [1.54, 1.807) is 23.5 Å². The molecule has 0 saturated heterocycles. The van der Waals surface area contributed by atoms with Crippen LogP contribution in [0.15, 0.2) is 188 Å². The molecule has 0 unspecified atom stereocenters. The number of thiophene rings is 1. The molecule has 0 spiro atoms. The first-order valence-corrected chi connectivity index (χ1v) is 27.5. The van der Waals surface area contributed by atoms with Crippen molar-refractivity contribution in [3.63, 3.8) is 0 Å². The minimum Gasteiger partial charge on any atom is -0.333 e. The van der Waals surface area contributed by atoms with Crippen molar-refractivity contribution in [2.24, 2.45) is 0 Å². The van der Waals surface area contributed by atoms with E-state index >= 15 is 0 Å². The molecule has 13 rings (SSSR count). The Morgan fingerprint density at radius 1 is 0.455 bits per heavy atom. The summed E-state index contributed by atoms with van der Waals surface area (Å²) in [6.07, 6.45) is 0. The van der Waals surface area contributed by atoms with Crippen molar-refractivity contribution in [1.29, 1.82) is 0 Å². The van der Waals surface area contributed by atoms with Crippen LogP contribution in [0.25, 0.3) is 109 Å². The van der Waals surface area contributed by atoms with E-state index in [1.165, 1.54) is 54.8 Å². The summed E-state index contributed by atoms with van der Waals surface area (Å²) in [6.45, 7) is 16.0. The zero-order valence-electron chi connectivity index (χ0n) is 47.7. The van der Waals surface area contributed by atoms with Crippen LogP contribution in [-0.4, -0.2) is 19.1 Å². The predicted molar refractivity (Wildman–Crippen MR) is 325 cm³/mol. The molecule has 1 radical (unpaired) electrons. The van der Waals surface area contributed by atoms with Gasteiger partial charge in [-0.05, 0) is 144 Å². The van der Waals surface area contributed by atoms with Gasteiger partial charge in [-0.2, -0.15) is 11.3 Å². The minimum atomic E-state index is -2.14. The van der Waals surface area contributed by atoms with E-state index in [0.29, 0.717) is 17.4 Å². The van der Waals surface area contributed by atoms with Crippen LogP contribution >= 0.6 is 11.3 Å². The normalized spacial score (nSPS) is 12.5. The molecule has 10 aromatic carbocycles. The van der Waals surface area contributed by atoms with Gasteiger partial charge in [-0.3, -0.25) is 9.97 Å². The van der Waals surface area contributed by atoms with Gasteiger partial charge in [0, 0.05) is 40.3 Å². The Labute approximate surface area is 474 Å². The Hall–Kier alpha value is -7.47. The number of aromatic nitrogens is 4. The molecule has 0 aliphatic heterocycles. The number of rotatable bonds is 9. The van der Waals surface area contributed by atoms with E-state index in [9.17, 15) is 0 Å². The second-order valence-electron chi connectivity index (χ2n) is 21.3. The average molecular weight is 1200 g/mol. The Morgan fingerprint density at radius 2 is 1.04 bits per heavy atom. The number of benzene rings is 10. The molecule has 3 heterocycles. The van der Waals surface area contributed by atoms with Crippen molar-refractivity contribution < 1.29 is 24.2 Å². The molecule has 6 heteroatoms. The van der Waals surface area contributed by atoms with Crippen molar-refractivity contribution in [3.8, 4) is 45.3 Å². The monoisotopic (exact) mass is 1200 g/mol. The van der Waals surface area contributed by atoms with E-state index in [4.69, 9.17) is 14.1 Å². The summed E-state index contributed by atoms with van der Waals surface area (Å²) in [6, 6.07) is 72.5. The number of hydrogen-bond donors (Lipinski definition) is 0. The van der Waals surface area contributed by atoms with Crippen LogP contribution in [0, 0.1) is 19.0 Å². The third-order valence-corrected chi connectivity index (χ3v) is 16.2. The summed E-state index contributed by atoms with van der Waals surface area (Å²) in [7, 11) is 0. The SMILES string of the molecule is CC(C)c1cccc(C(C)C)c1-n1c(-c2[c-]cccc2)nc2ccccc21.[2H]C([2H])([2H])c1ccc2c(ccc3cc4sc5c(-c6nc7ccccc7n6-c6c(C(C)C)cc(-c7ccccc7)cc6C(C)C)[c-]ccc5c4cc32)c1.[Ir]. The second kappa shape index (κ2) is 21.2. The maximum absolute atomic E-state index is 7.92. The molecule has 3 aromatic heterocycles. The van der Waals surface area contributed by atoms with Crippen LogP contribution in [0.2, 0.25) is 0 Å². The zero-order valence-corrected chi connectivity index (χ0v) is 47.9. The van der Waals surface area contributed by atoms with Gasteiger partial charge in [0.2, 0.25) is 0 Å². The molecular formula is C71H62IrN4S-2. The largest absolute Gasteiger partial charge is 0.333 e. The molecular weight excluding hydrogens is 1130 g/mol. The Morgan fingerprint density at radius 3 is 1.66 bits per heavy atom. The average Bonchev–Trinajstić information content (AvgIpc) is 3.75. The molecule has 0 N–H and O–H groups in total. The van der Waals surface area contributed by atoms with E-state index in [2.05, 4.69) is 216 Å². The number of fused-ring (bicyclic) bond motifs is 8. The Kier molecular flexibility index (Phi) is 13.2. The van der Waals surface area contributed by atoms with Gasteiger partial charge in [0.25, 0.3) is 0 Å². The van der Waals surface area contributed by atoms with Crippen molar-refractivity contribution >= 4 is 75.1 Å².